The van der Waals surface area contributed by atoms with E-state index in [4.69, 9.17) is 0 Å². The molecule has 0 unspecified atom stereocenters. The van der Waals surface area contributed by atoms with Gasteiger partial charge in [0.2, 0.25) is 11.8 Å². The summed E-state index contributed by atoms with van der Waals surface area (Å²) in [5, 5.41) is 0. The first kappa shape index (κ1) is 17.0. The molecule has 2 amide bonds. The summed E-state index contributed by atoms with van der Waals surface area (Å²) in [6, 6.07) is 6.12. The maximum atomic E-state index is 12.9. The van der Waals surface area contributed by atoms with E-state index in [0.29, 0.717) is 24.8 Å². The first-order chi connectivity index (χ1) is 11.3. The van der Waals surface area contributed by atoms with Crippen LogP contribution in [0.3, 0.4) is 0 Å². The van der Waals surface area contributed by atoms with Crippen molar-refractivity contribution in [1.82, 2.24) is 4.90 Å². The lowest BCUT2D eigenvalue weighted by atomic mass is 9.91. The molecule has 130 valence electrons. The summed E-state index contributed by atoms with van der Waals surface area (Å²) >= 11 is 0. The molecule has 0 bridgehead atoms. The molecule has 2 aliphatic rings. The molecule has 4 nitrogen and oxygen atoms in total. The molecule has 0 aliphatic carbocycles. The molecular formula is C20H28N2O2. The van der Waals surface area contributed by atoms with Gasteiger partial charge < -0.3 is 9.80 Å². The number of benzene rings is 1. The van der Waals surface area contributed by atoms with Gasteiger partial charge in [-0.2, -0.15) is 0 Å². The number of aryl methyl sites for hydroxylation is 2. The smallest absolute Gasteiger partial charge is 0.228 e. The number of piperidine rings is 1. The third-order valence-corrected chi connectivity index (χ3v) is 5.30. The van der Waals surface area contributed by atoms with Crippen molar-refractivity contribution >= 4 is 17.5 Å². The van der Waals surface area contributed by atoms with Crippen LogP contribution in [0.5, 0.6) is 0 Å². The van der Waals surface area contributed by atoms with Gasteiger partial charge in [-0.1, -0.05) is 31.5 Å². The number of nitrogens with zero attached hydrogens (tertiary/aromatic N) is 2. The summed E-state index contributed by atoms with van der Waals surface area (Å²) < 4.78 is 0. The van der Waals surface area contributed by atoms with Crippen molar-refractivity contribution in [2.24, 2.45) is 17.8 Å². The van der Waals surface area contributed by atoms with Crippen molar-refractivity contribution in [2.45, 2.75) is 40.5 Å². The van der Waals surface area contributed by atoms with Crippen LogP contribution in [0, 0.1) is 31.6 Å². The van der Waals surface area contributed by atoms with Gasteiger partial charge in [0.15, 0.2) is 0 Å². The Bertz CT molecular complexity index is 645. The summed E-state index contributed by atoms with van der Waals surface area (Å²) in [6.07, 6.45) is 1.52. The van der Waals surface area contributed by atoms with E-state index in [1.165, 1.54) is 12.0 Å². The van der Waals surface area contributed by atoms with E-state index in [-0.39, 0.29) is 17.7 Å². The fourth-order valence-electron chi connectivity index (χ4n) is 4.32. The summed E-state index contributed by atoms with van der Waals surface area (Å²) in [4.78, 5) is 29.2. The van der Waals surface area contributed by atoms with E-state index in [2.05, 4.69) is 19.9 Å². The normalized spacial score (nSPS) is 27.7. The van der Waals surface area contributed by atoms with E-state index in [1.54, 1.807) is 4.90 Å². The highest BCUT2D eigenvalue weighted by Crippen LogP contribution is 2.31. The maximum absolute atomic E-state index is 12.9. The minimum Gasteiger partial charge on any atom is -0.342 e. The number of carbonyl (C=O) groups is 2. The van der Waals surface area contributed by atoms with Gasteiger partial charge in [0, 0.05) is 31.7 Å². The van der Waals surface area contributed by atoms with Crippen molar-refractivity contribution in [3.63, 3.8) is 0 Å². The summed E-state index contributed by atoms with van der Waals surface area (Å²) in [7, 11) is 0. The number of hydrogen-bond donors (Lipinski definition) is 0. The maximum Gasteiger partial charge on any atom is 0.228 e. The standard InChI is InChI=1S/C20H28N2O2/c1-13-5-6-18(16(4)8-13)22-12-17(9-19(22)23)20(24)21-10-14(2)7-15(3)11-21/h5-6,8,14-15,17H,7,9-12H2,1-4H3/t14-,15+,17-/m0/s1. The fourth-order valence-corrected chi connectivity index (χ4v) is 4.32. The monoisotopic (exact) mass is 328 g/mol. The molecule has 3 rings (SSSR count). The summed E-state index contributed by atoms with van der Waals surface area (Å²) in [6.45, 7) is 10.7. The van der Waals surface area contributed by atoms with Crippen molar-refractivity contribution < 1.29 is 9.59 Å². The Morgan fingerprint density at radius 2 is 1.75 bits per heavy atom. The van der Waals surface area contributed by atoms with Crippen molar-refractivity contribution in [1.29, 1.82) is 0 Å². The quantitative estimate of drug-likeness (QED) is 0.837. The highest BCUT2D eigenvalue weighted by molar-refractivity contribution is 6.00. The summed E-state index contributed by atoms with van der Waals surface area (Å²) in [5.41, 5.74) is 3.23. The fraction of sp³-hybridized carbons (Fsp3) is 0.600. The van der Waals surface area contributed by atoms with E-state index in [0.717, 1.165) is 24.3 Å². The second-order valence-corrected chi connectivity index (χ2v) is 7.88. The highest BCUT2D eigenvalue weighted by Gasteiger charge is 2.39. The molecule has 24 heavy (non-hydrogen) atoms. The second-order valence-electron chi connectivity index (χ2n) is 7.88. The number of amides is 2. The van der Waals surface area contributed by atoms with Gasteiger partial charge in [-0.05, 0) is 43.7 Å². The van der Waals surface area contributed by atoms with Crippen LogP contribution in [0.25, 0.3) is 0 Å². The zero-order valence-electron chi connectivity index (χ0n) is 15.2. The molecule has 0 spiro atoms. The van der Waals surface area contributed by atoms with Crippen LogP contribution in [0.15, 0.2) is 18.2 Å². The zero-order chi connectivity index (χ0) is 17.4. The van der Waals surface area contributed by atoms with Crippen molar-refractivity contribution in [3.05, 3.63) is 29.3 Å². The van der Waals surface area contributed by atoms with Crippen LogP contribution >= 0.6 is 0 Å². The number of rotatable bonds is 2. The highest BCUT2D eigenvalue weighted by atomic mass is 16.2. The molecule has 2 heterocycles. The Hall–Kier alpha value is -1.84. The van der Waals surface area contributed by atoms with Gasteiger partial charge in [-0.3, -0.25) is 9.59 Å². The molecule has 0 aromatic heterocycles. The number of likely N-dealkylation sites (tertiary alicyclic amines) is 1. The predicted octanol–water partition coefficient (Wildman–Crippen LogP) is 3.16. The SMILES string of the molecule is Cc1ccc(N2C[C@@H](C(=O)N3C[C@H](C)C[C@H](C)C3)CC2=O)c(C)c1. The topological polar surface area (TPSA) is 40.6 Å². The van der Waals surface area contributed by atoms with Gasteiger partial charge in [0.05, 0.1) is 5.92 Å². The Balaban J connectivity index is 1.73. The minimum absolute atomic E-state index is 0.0680. The van der Waals surface area contributed by atoms with Crippen LogP contribution in [0.4, 0.5) is 5.69 Å². The first-order valence-electron chi connectivity index (χ1n) is 9.01. The lowest BCUT2D eigenvalue weighted by molar-refractivity contribution is -0.138. The van der Waals surface area contributed by atoms with Crippen LogP contribution in [-0.2, 0) is 9.59 Å². The lowest BCUT2D eigenvalue weighted by Crippen LogP contribution is -2.45. The van der Waals surface area contributed by atoms with Gasteiger partial charge in [0.25, 0.3) is 0 Å². The molecular weight excluding hydrogens is 300 g/mol. The van der Waals surface area contributed by atoms with E-state index >= 15 is 0 Å². The first-order valence-corrected chi connectivity index (χ1v) is 9.01. The Kier molecular flexibility index (Phi) is 4.66. The lowest BCUT2D eigenvalue weighted by Gasteiger charge is -2.36. The molecule has 3 atom stereocenters. The Morgan fingerprint density at radius 3 is 2.38 bits per heavy atom. The molecule has 1 aromatic carbocycles. The molecule has 2 aliphatic heterocycles. The minimum atomic E-state index is -0.198. The van der Waals surface area contributed by atoms with E-state index in [9.17, 15) is 9.59 Å². The van der Waals surface area contributed by atoms with E-state index in [1.807, 2.05) is 30.9 Å². The van der Waals surface area contributed by atoms with Crippen LogP contribution < -0.4 is 4.90 Å². The molecule has 1 aromatic rings. The van der Waals surface area contributed by atoms with Gasteiger partial charge >= 0.3 is 0 Å². The molecule has 0 N–H and O–H groups in total. The number of hydrogen-bond acceptors (Lipinski definition) is 2. The average Bonchev–Trinajstić information content (AvgIpc) is 2.87. The predicted molar refractivity (Wildman–Crippen MR) is 95.9 cm³/mol. The van der Waals surface area contributed by atoms with Crippen LogP contribution in [0.1, 0.15) is 37.8 Å². The third kappa shape index (κ3) is 3.33. The Morgan fingerprint density at radius 1 is 1.08 bits per heavy atom. The average molecular weight is 328 g/mol. The molecule has 2 fully saturated rings. The largest absolute Gasteiger partial charge is 0.342 e. The third-order valence-electron chi connectivity index (χ3n) is 5.30. The van der Waals surface area contributed by atoms with Gasteiger partial charge in [-0.15, -0.1) is 0 Å². The van der Waals surface area contributed by atoms with Crippen LogP contribution in [-0.4, -0.2) is 36.3 Å². The molecule has 2 saturated heterocycles. The number of anilines is 1. The summed E-state index contributed by atoms with van der Waals surface area (Å²) in [5.74, 6) is 1.12. The Labute approximate surface area is 144 Å². The molecule has 0 radical (unpaired) electrons. The molecule has 0 saturated carbocycles. The van der Waals surface area contributed by atoms with Crippen molar-refractivity contribution in [2.75, 3.05) is 24.5 Å². The van der Waals surface area contributed by atoms with Gasteiger partial charge in [0.1, 0.15) is 0 Å². The van der Waals surface area contributed by atoms with Gasteiger partial charge in [-0.25, -0.2) is 0 Å². The second kappa shape index (κ2) is 6.58. The van der Waals surface area contributed by atoms with E-state index < -0.39 is 0 Å². The molecule has 4 heteroatoms. The number of carbonyl (C=O) groups excluding carboxylic acids is 2. The van der Waals surface area contributed by atoms with Crippen LogP contribution in [0.2, 0.25) is 0 Å². The zero-order valence-corrected chi connectivity index (χ0v) is 15.2. The van der Waals surface area contributed by atoms with Crippen molar-refractivity contribution in [3.8, 4) is 0 Å².